The summed E-state index contributed by atoms with van der Waals surface area (Å²) in [5, 5.41) is 17.0. The summed E-state index contributed by atoms with van der Waals surface area (Å²) in [6.07, 6.45) is 0. The van der Waals surface area contributed by atoms with Crippen LogP contribution < -0.4 is 0 Å². The topological polar surface area (TPSA) is 44.0 Å². The standard InChI is InChI=1S/C8H7NO.Pt/c9-5-7-1-3-8(6-10)4-2-7;/h1-4,10H,6H2;. The van der Waals surface area contributed by atoms with Crippen LogP contribution in [0.1, 0.15) is 11.1 Å². The first-order chi connectivity index (χ1) is 4.86. The van der Waals surface area contributed by atoms with Crippen molar-refractivity contribution in [3.05, 3.63) is 35.4 Å². The van der Waals surface area contributed by atoms with Crippen molar-refractivity contribution >= 4 is 0 Å². The largest absolute Gasteiger partial charge is 0.392 e. The zero-order valence-corrected chi connectivity index (χ0v) is 8.00. The molecule has 0 aliphatic rings. The van der Waals surface area contributed by atoms with Crippen molar-refractivity contribution in [3.63, 3.8) is 0 Å². The number of hydrogen-bond donors (Lipinski definition) is 1. The van der Waals surface area contributed by atoms with Gasteiger partial charge in [-0.2, -0.15) is 5.26 Å². The minimum absolute atomic E-state index is 0. The molecule has 0 atom stereocenters. The van der Waals surface area contributed by atoms with Gasteiger partial charge in [-0.1, -0.05) is 12.1 Å². The first-order valence-corrected chi connectivity index (χ1v) is 2.96. The van der Waals surface area contributed by atoms with Gasteiger partial charge in [0.05, 0.1) is 18.2 Å². The summed E-state index contributed by atoms with van der Waals surface area (Å²) < 4.78 is 0. The van der Waals surface area contributed by atoms with Crippen LogP contribution >= 0.6 is 0 Å². The Labute approximate surface area is 79.7 Å². The molecule has 1 rings (SSSR count). The van der Waals surface area contributed by atoms with Gasteiger partial charge in [-0.15, -0.1) is 0 Å². The fourth-order valence-corrected chi connectivity index (χ4v) is 0.685. The van der Waals surface area contributed by atoms with E-state index in [0.29, 0.717) is 5.56 Å². The summed E-state index contributed by atoms with van der Waals surface area (Å²) in [5.41, 5.74) is 1.45. The number of aliphatic hydroxyl groups is 1. The van der Waals surface area contributed by atoms with Gasteiger partial charge in [0, 0.05) is 21.1 Å². The van der Waals surface area contributed by atoms with Crippen molar-refractivity contribution in [1.29, 1.82) is 5.26 Å². The second-order valence-corrected chi connectivity index (χ2v) is 1.97. The molecule has 0 amide bonds. The van der Waals surface area contributed by atoms with Gasteiger partial charge in [0.25, 0.3) is 0 Å². The van der Waals surface area contributed by atoms with Crippen molar-refractivity contribution in [2.75, 3.05) is 0 Å². The van der Waals surface area contributed by atoms with Gasteiger partial charge in [-0.3, -0.25) is 0 Å². The summed E-state index contributed by atoms with van der Waals surface area (Å²) >= 11 is 0. The Morgan fingerprint density at radius 3 is 2.18 bits per heavy atom. The molecule has 0 aliphatic heterocycles. The molecule has 0 fully saturated rings. The fraction of sp³-hybridized carbons (Fsp3) is 0.125. The molecule has 60 valence electrons. The van der Waals surface area contributed by atoms with Crippen LogP contribution in [0.2, 0.25) is 0 Å². The maximum atomic E-state index is 8.62. The Balaban J connectivity index is 0.000001000. The molecule has 1 N–H and O–H groups in total. The van der Waals surface area contributed by atoms with Gasteiger partial charge in [-0.25, -0.2) is 0 Å². The average molecular weight is 328 g/mol. The van der Waals surface area contributed by atoms with E-state index in [1.54, 1.807) is 24.3 Å². The number of rotatable bonds is 1. The van der Waals surface area contributed by atoms with Gasteiger partial charge in [-0.05, 0) is 17.7 Å². The van der Waals surface area contributed by atoms with E-state index in [4.69, 9.17) is 10.4 Å². The van der Waals surface area contributed by atoms with Crippen molar-refractivity contribution < 1.29 is 26.2 Å². The van der Waals surface area contributed by atoms with E-state index < -0.39 is 0 Å². The molecule has 0 heterocycles. The van der Waals surface area contributed by atoms with Gasteiger partial charge >= 0.3 is 0 Å². The molecule has 1 aromatic carbocycles. The smallest absolute Gasteiger partial charge is 0.0991 e. The third-order valence-corrected chi connectivity index (χ3v) is 1.27. The van der Waals surface area contributed by atoms with E-state index >= 15 is 0 Å². The third kappa shape index (κ3) is 2.84. The molecule has 0 radical (unpaired) electrons. The third-order valence-electron chi connectivity index (χ3n) is 1.27. The van der Waals surface area contributed by atoms with E-state index in [-0.39, 0.29) is 27.7 Å². The van der Waals surface area contributed by atoms with Crippen LogP contribution in [-0.2, 0) is 27.7 Å². The fourth-order valence-electron chi connectivity index (χ4n) is 0.685. The van der Waals surface area contributed by atoms with Gasteiger partial charge in [0.15, 0.2) is 0 Å². The summed E-state index contributed by atoms with van der Waals surface area (Å²) in [6, 6.07) is 8.84. The maximum absolute atomic E-state index is 8.62. The van der Waals surface area contributed by atoms with Crippen molar-refractivity contribution in [2.24, 2.45) is 0 Å². The first-order valence-electron chi connectivity index (χ1n) is 2.96. The van der Waals surface area contributed by atoms with E-state index in [1.807, 2.05) is 6.07 Å². The van der Waals surface area contributed by atoms with Crippen LogP contribution in [0.3, 0.4) is 0 Å². The van der Waals surface area contributed by atoms with Crippen LogP contribution in [0.5, 0.6) is 0 Å². The molecule has 0 spiro atoms. The first kappa shape index (κ1) is 10.4. The summed E-state index contributed by atoms with van der Waals surface area (Å²) in [4.78, 5) is 0. The average Bonchev–Trinajstić information content (AvgIpc) is 2.05. The quantitative estimate of drug-likeness (QED) is 0.837. The molecule has 0 aromatic heterocycles. The van der Waals surface area contributed by atoms with E-state index in [0.717, 1.165) is 5.56 Å². The second-order valence-electron chi connectivity index (χ2n) is 1.97. The Bertz CT molecular complexity index is 250. The number of aliphatic hydroxyl groups excluding tert-OH is 1. The zero-order valence-electron chi connectivity index (χ0n) is 5.73. The summed E-state index contributed by atoms with van der Waals surface area (Å²) in [5.74, 6) is 0. The van der Waals surface area contributed by atoms with Crippen LogP contribution in [0.4, 0.5) is 0 Å². The molecule has 0 aliphatic carbocycles. The van der Waals surface area contributed by atoms with E-state index in [1.165, 1.54) is 0 Å². The van der Waals surface area contributed by atoms with Crippen LogP contribution in [0.25, 0.3) is 0 Å². The van der Waals surface area contributed by atoms with Crippen molar-refractivity contribution in [3.8, 4) is 6.07 Å². The molecule has 11 heavy (non-hydrogen) atoms. The Hall–Kier alpha value is -0.642. The number of nitrogens with zero attached hydrogens (tertiary/aromatic N) is 1. The predicted octanol–water partition coefficient (Wildman–Crippen LogP) is 1.05. The molecular formula is C8H7NOPt. The minimum Gasteiger partial charge on any atom is -0.392 e. The van der Waals surface area contributed by atoms with Gasteiger partial charge in [0.2, 0.25) is 0 Å². The minimum atomic E-state index is 0. The molecule has 1 aromatic rings. The molecule has 0 unspecified atom stereocenters. The number of benzene rings is 1. The van der Waals surface area contributed by atoms with E-state index in [2.05, 4.69) is 0 Å². The molecule has 0 saturated carbocycles. The molecule has 0 saturated heterocycles. The Morgan fingerprint density at radius 2 is 1.82 bits per heavy atom. The van der Waals surface area contributed by atoms with Crippen molar-refractivity contribution in [1.82, 2.24) is 0 Å². The number of nitriles is 1. The van der Waals surface area contributed by atoms with E-state index in [9.17, 15) is 0 Å². The molecule has 0 bridgehead atoms. The van der Waals surface area contributed by atoms with Crippen LogP contribution in [-0.4, -0.2) is 5.11 Å². The zero-order chi connectivity index (χ0) is 7.40. The molecule has 2 nitrogen and oxygen atoms in total. The van der Waals surface area contributed by atoms with Gasteiger partial charge < -0.3 is 5.11 Å². The summed E-state index contributed by atoms with van der Waals surface area (Å²) in [7, 11) is 0. The molecule has 3 heteroatoms. The second kappa shape index (κ2) is 5.07. The Kier molecular flexibility index (Phi) is 4.77. The van der Waals surface area contributed by atoms with Crippen molar-refractivity contribution in [2.45, 2.75) is 6.61 Å². The maximum Gasteiger partial charge on any atom is 0.0991 e. The summed E-state index contributed by atoms with van der Waals surface area (Å²) in [6.45, 7) is 0.0334. The number of hydrogen-bond acceptors (Lipinski definition) is 2. The predicted molar refractivity (Wildman–Crippen MR) is 37.1 cm³/mol. The monoisotopic (exact) mass is 328 g/mol. The van der Waals surface area contributed by atoms with Gasteiger partial charge in [0.1, 0.15) is 0 Å². The SMILES string of the molecule is N#Cc1ccc(CO)cc1.[Pt]. The normalized spacial score (nSPS) is 8.00. The Morgan fingerprint density at radius 1 is 1.27 bits per heavy atom. The molecular weight excluding hydrogens is 321 g/mol. The van der Waals surface area contributed by atoms with Crippen LogP contribution in [0, 0.1) is 11.3 Å². The van der Waals surface area contributed by atoms with Crippen LogP contribution in [0.15, 0.2) is 24.3 Å².